The van der Waals surface area contributed by atoms with E-state index in [1.165, 1.54) is 37.8 Å². The summed E-state index contributed by atoms with van der Waals surface area (Å²) in [5.41, 5.74) is 9.48. The van der Waals surface area contributed by atoms with Gasteiger partial charge in [-0.3, -0.25) is 0 Å². The zero-order chi connectivity index (χ0) is 36.0. The Morgan fingerprint density at radius 1 is 0.426 bits per heavy atom. The van der Waals surface area contributed by atoms with E-state index in [2.05, 4.69) is 171 Å². The van der Waals surface area contributed by atoms with E-state index in [4.69, 9.17) is 19.4 Å². The summed E-state index contributed by atoms with van der Waals surface area (Å²) >= 11 is 0. The van der Waals surface area contributed by atoms with Crippen LogP contribution in [-0.2, 0) is 0 Å². The van der Waals surface area contributed by atoms with Gasteiger partial charge in [-0.1, -0.05) is 165 Å². The maximum absolute atomic E-state index is 6.83. The molecule has 10 aromatic rings. The lowest BCUT2D eigenvalue weighted by Gasteiger charge is -2.19. The van der Waals surface area contributed by atoms with Gasteiger partial charge in [-0.2, -0.15) is 0 Å². The molecule has 3 heterocycles. The number of rotatable bonds is 4. The van der Waals surface area contributed by atoms with Crippen LogP contribution >= 0.6 is 0 Å². The zero-order valence-corrected chi connectivity index (χ0v) is 30.8. The Morgan fingerprint density at radius 3 is 1.72 bits per heavy atom. The van der Waals surface area contributed by atoms with Gasteiger partial charge in [0.05, 0.1) is 0 Å². The lowest BCUT2D eigenvalue weighted by atomic mass is 9.97. The molecule has 4 nitrogen and oxygen atoms in total. The van der Waals surface area contributed by atoms with Crippen LogP contribution < -0.4 is 10.4 Å². The van der Waals surface area contributed by atoms with Gasteiger partial charge in [-0.25, -0.2) is 15.0 Å². The second kappa shape index (κ2) is 11.7. The van der Waals surface area contributed by atoms with E-state index in [9.17, 15) is 0 Å². The molecule has 1 aliphatic heterocycles. The van der Waals surface area contributed by atoms with Crippen molar-refractivity contribution in [1.29, 1.82) is 0 Å². The maximum Gasteiger partial charge on any atom is 0.164 e. The van der Waals surface area contributed by atoms with Crippen molar-refractivity contribution in [2.45, 2.75) is 13.1 Å². The Kier molecular flexibility index (Phi) is 6.67. The number of fused-ring (bicyclic) bond motifs is 9. The number of aromatic nitrogens is 3. The summed E-state index contributed by atoms with van der Waals surface area (Å²) in [7, 11) is -2.09. The van der Waals surface area contributed by atoms with E-state index in [0.29, 0.717) is 17.5 Å². The van der Waals surface area contributed by atoms with Crippen molar-refractivity contribution in [1.82, 2.24) is 15.0 Å². The van der Waals surface area contributed by atoms with Crippen LogP contribution in [0, 0.1) is 0 Å². The van der Waals surface area contributed by atoms with Gasteiger partial charge in [0, 0.05) is 33.0 Å². The monoisotopic (exact) mass is 707 g/mol. The summed E-state index contributed by atoms with van der Waals surface area (Å²) in [6.07, 6.45) is 0. The van der Waals surface area contributed by atoms with Crippen molar-refractivity contribution < 1.29 is 4.42 Å². The summed E-state index contributed by atoms with van der Waals surface area (Å²) in [4.78, 5) is 15.9. The molecule has 0 atom stereocenters. The standard InChI is InChI=1S/C49H33N3OSi/c1-54(2)42-24-10-8-20-39(42)45-43(54)29-40(44-38-19-7-9-23-41(38)53-46(44)45)49-51-47(50-48(52-49)37-22-12-16-31-14-4-6-18-36(31)37)33-27-25-32(26-28-33)35-21-11-15-30-13-3-5-17-34(30)35/h3-29H,1-2H3. The van der Waals surface area contributed by atoms with E-state index < -0.39 is 8.07 Å². The van der Waals surface area contributed by atoms with Crippen molar-refractivity contribution in [3.63, 3.8) is 0 Å². The molecule has 11 rings (SSSR count). The first-order chi connectivity index (χ1) is 26.5. The van der Waals surface area contributed by atoms with E-state index >= 15 is 0 Å². The summed E-state index contributed by atoms with van der Waals surface area (Å²) in [6.45, 7) is 4.88. The molecule has 0 unspecified atom stereocenters. The van der Waals surface area contributed by atoms with E-state index in [1.807, 2.05) is 6.07 Å². The molecule has 0 spiro atoms. The molecule has 54 heavy (non-hydrogen) atoms. The number of furan rings is 1. The quantitative estimate of drug-likeness (QED) is 0.171. The fraction of sp³-hybridized carbons (Fsp3) is 0.0408. The molecule has 0 amide bonds. The van der Waals surface area contributed by atoms with Crippen LogP contribution in [0.2, 0.25) is 13.1 Å². The van der Waals surface area contributed by atoms with Gasteiger partial charge < -0.3 is 4.42 Å². The fourth-order valence-electron chi connectivity index (χ4n) is 8.67. The van der Waals surface area contributed by atoms with Crippen molar-refractivity contribution in [3.05, 3.63) is 164 Å². The predicted octanol–water partition coefficient (Wildman–Crippen LogP) is 11.5. The van der Waals surface area contributed by atoms with Crippen LogP contribution in [0.15, 0.2) is 168 Å². The third kappa shape index (κ3) is 4.58. The molecule has 2 aromatic heterocycles. The molecule has 0 aliphatic carbocycles. The van der Waals surface area contributed by atoms with Crippen LogP contribution in [0.3, 0.4) is 0 Å². The molecule has 1 aliphatic rings. The molecule has 0 saturated heterocycles. The Labute approximate surface area is 313 Å². The molecule has 254 valence electrons. The van der Waals surface area contributed by atoms with Crippen LogP contribution in [0.25, 0.3) is 99.9 Å². The number of benzene rings is 8. The summed E-state index contributed by atoms with van der Waals surface area (Å²) in [6, 6.07) is 58.0. The van der Waals surface area contributed by atoms with Crippen molar-refractivity contribution in [2.75, 3.05) is 0 Å². The number of para-hydroxylation sites is 1. The van der Waals surface area contributed by atoms with E-state index in [-0.39, 0.29) is 0 Å². The van der Waals surface area contributed by atoms with Gasteiger partial charge >= 0.3 is 0 Å². The van der Waals surface area contributed by atoms with Crippen molar-refractivity contribution >= 4 is 61.9 Å². The third-order valence-electron chi connectivity index (χ3n) is 11.3. The predicted molar refractivity (Wildman–Crippen MR) is 226 cm³/mol. The smallest absolute Gasteiger partial charge is 0.164 e. The van der Waals surface area contributed by atoms with Gasteiger partial charge in [0.1, 0.15) is 19.2 Å². The van der Waals surface area contributed by atoms with Crippen LogP contribution in [0.5, 0.6) is 0 Å². The first-order valence-corrected chi connectivity index (χ1v) is 21.4. The Balaban J connectivity index is 1.18. The number of nitrogens with zero attached hydrogens (tertiary/aromatic N) is 3. The molecular formula is C49H33N3OSi. The normalized spacial score (nSPS) is 13.1. The summed E-state index contributed by atoms with van der Waals surface area (Å²) < 4.78 is 6.83. The average Bonchev–Trinajstić information content (AvgIpc) is 3.72. The minimum Gasteiger partial charge on any atom is -0.455 e. The molecule has 0 N–H and O–H groups in total. The summed E-state index contributed by atoms with van der Waals surface area (Å²) in [5, 5.41) is 9.57. The second-order valence-electron chi connectivity index (χ2n) is 14.8. The minimum absolute atomic E-state index is 0.633. The Morgan fingerprint density at radius 2 is 0.963 bits per heavy atom. The fourth-order valence-corrected chi connectivity index (χ4v) is 11.7. The van der Waals surface area contributed by atoms with E-state index in [1.54, 1.807) is 0 Å². The van der Waals surface area contributed by atoms with Crippen LogP contribution in [-0.4, -0.2) is 23.0 Å². The molecule has 0 bridgehead atoms. The lowest BCUT2D eigenvalue weighted by Crippen LogP contribution is -2.49. The molecule has 0 saturated carbocycles. The second-order valence-corrected chi connectivity index (χ2v) is 19.1. The van der Waals surface area contributed by atoms with Crippen molar-refractivity contribution in [2.24, 2.45) is 0 Å². The number of hydrogen-bond donors (Lipinski definition) is 0. The van der Waals surface area contributed by atoms with Gasteiger partial charge in [0.25, 0.3) is 0 Å². The highest BCUT2D eigenvalue weighted by molar-refractivity contribution is 7.04. The minimum atomic E-state index is -2.09. The molecule has 5 heteroatoms. The highest BCUT2D eigenvalue weighted by Gasteiger charge is 2.40. The maximum atomic E-state index is 6.83. The van der Waals surface area contributed by atoms with Crippen molar-refractivity contribution in [3.8, 4) is 56.4 Å². The van der Waals surface area contributed by atoms with Gasteiger partial charge in [-0.15, -0.1) is 0 Å². The van der Waals surface area contributed by atoms with E-state index in [0.717, 1.165) is 55.0 Å². The molecular weight excluding hydrogens is 675 g/mol. The van der Waals surface area contributed by atoms with Gasteiger partial charge in [-0.05, 0) is 60.7 Å². The number of hydrogen-bond acceptors (Lipinski definition) is 4. The third-order valence-corrected chi connectivity index (χ3v) is 14.9. The molecule has 0 fully saturated rings. The Hall–Kier alpha value is -6.69. The molecule has 8 aromatic carbocycles. The topological polar surface area (TPSA) is 51.8 Å². The molecule has 0 radical (unpaired) electrons. The first-order valence-electron chi connectivity index (χ1n) is 18.4. The van der Waals surface area contributed by atoms with Crippen LogP contribution in [0.4, 0.5) is 0 Å². The SMILES string of the molecule is C[Si]1(C)c2ccccc2-c2c1cc(-c1nc(-c3ccc(-c4cccc5ccccc45)cc3)nc(-c3cccc4ccccc34)n1)c1c2oc2ccccc21. The van der Waals surface area contributed by atoms with Gasteiger partial charge in [0.15, 0.2) is 17.5 Å². The average molecular weight is 708 g/mol. The van der Waals surface area contributed by atoms with Gasteiger partial charge in [0.2, 0.25) is 0 Å². The highest BCUT2D eigenvalue weighted by Crippen LogP contribution is 2.44. The largest absolute Gasteiger partial charge is 0.455 e. The van der Waals surface area contributed by atoms with Crippen LogP contribution in [0.1, 0.15) is 0 Å². The Bertz CT molecular complexity index is 3130. The highest BCUT2D eigenvalue weighted by atomic mass is 28.3. The zero-order valence-electron chi connectivity index (χ0n) is 29.8. The summed E-state index contributed by atoms with van der Waals surface area (Å²) in [5.74, 6) is 1.92. The lowest BCUT2D eigenvalue weighted by molar-refractivity contribution is 0.670. The first kappa shape index (κ1) is 30.9.